The van der Waals surface area contributed by atoms with Crippen molar-refractivity contribution in [3.63, 3.8) is 0 Å². The lowest BCUT2D eigenvalue weighted by Gasteiger charge is -2.26. The topological polar surface area (TPSA) is 124 Å². The highest BCUT2D eigenvalue weighted by Crippen LogP contribution is 2.39. The summed E-state index contributed by atoms with van der Waals surface area (Å²) in [6, 6.07) is 21.7. The molecule has 1 atom stereocenters. The van der Waals surface area contributed by atoms with Gasteiger partial charge in [-0.2, -0.15) is 0 Å². The van der Waals surface area contributed by atoms with Crippen LogP contribution in [0.5, 0.6) is 5.75 Å². The van der Waals surface area contributed by atoms with Gasteiger partial charge >= 0.3 is 11.9 Å². The molecule has 3 aromatic carbocycles. The molecule has 0 saturated heterocycles. The number of hydrogen-bond acceptors (Lipinski definition) is 8. The highest BCUT2D eigenvalue weighted by atomic mass is 16.6. The fourth-order valence-corrected chi connectivity index (χ4v) is 6.35. The van der Waals surface area contributed by atoms with Crippen LogP contribution in [0.4, 0.5) is 5.69 Å². The molecule has 10 heteroatoms. The van der Waals surface area contributed by atoms with Gasteiger partial charge in [-0.25, -0.2) is 0 Å². The van der Waals surface area contributed by atoms with Gasteiger partial charge in [0, 0.05) is 25.9 Å². The molecule has 4 aromatic rings. The monoisotopic (exact) mass is 677 g/mol. The van der Waals surface area contributed by atoms with Crippen molar-refractivity contribution >= 4 is 29.4 Å². The van der Waals surface area contributed by atoms with Crippen molar-refractivity contribution < 1.29 is 33.4 Å². The van der Waals surface area contributed by atoms with Crippen LogP contribution in [-0.4, -0.2) is 67.0 Å². The zero-order valence-corrected chi connectivity index (χ0v) is 29.4. The van der Waals surface area contributed by atoms with Crippen LogP contribution in [0.15, 0.2) is 79.0 Å². The molecule has 0 saturated carbocycles. The molecule has 0 bridgehead atoms. The van der Waals surface area contributed by atoms with E-state index in [-0.39, 0.29) is 37.0 Å². The summed E-state index contributed by atoms with van der Waals surface area (Å²) in [6.45, 7) is 7.50. The molecule has 50 heavy (non-hydrogen) atoms. The van der Waals surface area contributed by atoms with Crippen molar-refractivity contribution in [3.8, 4) is 16.9 Å². The third kappa shape index (κ3) is 7.54. The predicted molar refractivity (Wildman–Crippen MR) is 190 cm³/mol. The average Bonchev–Trinajstić information content (AvgIpc) is 3.47. The van der Waals surface area contributed by atoms with Crippen molar-refractivity contribution in [2.45, 2.75) is 58.5 Å². The van der Waals surface area contributed by atoms with Gasteiger partial charge in [0.05, 0.1) is 36.1 Å². The predicted octanol–water partition coefficient (Wildman–Crippen LogP) is 6.33. The summed E-state index contributed by atoms with van der Waals surface area (Å²) in [4.78, 5) is 60.0. The number of nitrogens with zero attached hydrogens (tertiary/aromatic N) is 2. The van der Waals surface area contributed by atoms with Crippen molar-refractivity contribution in [1.82, 2.24) is 9.88 Å². The zero-order chi connectivity index (χ0) is 36.0. The largest absolute Gasteiger partial charge is 0.491 e. The highest BCUT2D eigenvalue weighted by molar-refractivity contribution is 6.12. The molecule has 2 amide bonds. The number of fused-ring (bicyclic) bond motifs is 1. The van der Waals surface area contributed by atoms with Crippen molar-refractivity contribution in [3.05, 3.63) is 113 Å². The molecule has 1 aromatic heterocycles. The molecule has 260 valence electrons. The number of carbonyl (C=O) groups is 4. The molecule has 1 aliphatic rings. The van der Waals surface area contributed by atoms with E-state index in [0.717, 1.165) is 28.0 Å². The van der Waals surface area contributed by atoms with Gasteiger partial charge in [-0.15, -0.1) is 0 Å². The van der Waals surface area contributed by atoms with Crippen LogP contribution in [0.3, 0.4) is 0 Å². The summed E-state index contributed by atoms with van der Waals surface area (Å²) in [6.07, 6.45) is 2.36. The molecular weight excluding hydrogens is 634 g/mol. The van der Waals surface area contributed by atoms with Gasteiger partial charge in [0.25, 0.3) is 11.8 Å². The molecule has 5 rings (SSSR count). The first-order chi connectivity index (χ1) is 23.9. The second-order valence-corrected chi connectivity index (χ2v) is 12.8. The summed E-state index contributed by atoms with van der Waals surface area (Å²) < 4.78 is 16.9. The van der Waals surface area contributed by atoms with Gasteiger partial charge in [-0.1, -0.05) is 42.5 Å². The van der Waals surface area contributed by atoms with Gasteiger partial charge in [-0.3, -0.25) is 24.2 Å². The van der Waals surface area contributed by atoms with Gasteiger partial charge in [0.1, 0.15) is 17.8 Å². The van der Waals surface area contributed by atoms with Crippen LogP contribution in [0.1, 0.15) is 70.3 Å². The van der Waals surface area contributed by atoms with Crippen LogP contribution in [0, 0.1) is 6.92 Å². The third-order valence-electron chi connectivity index (χ3n) is 8.70. The number of carbonyl (C=O) groups excluding carboxylic acids is 4. The van der Waals surface area contributed by atoms with E-state index in [4.69, 9.17) is 14.2 Å². The molecule has 0 fully saturated rings. The molecule has 0 radical (unpaired) electrons. The Balaban J connectivity index is 1.41. The number of esters is 2. The van der Waals surface area contributed by atoms with Crippen LogP contribution < -0.4 is 10.1 Å². The number of anilines is 1. The summed E-state index contributed by atoms with van der Waals surface area (Å²) in [5.41, 5.74) is 3.94. The first-order valence-corrected chi connectivity index (χ1v) is 16.7. The quantitative estimate of drug-likeness (QED) is 0.173. The highest BCUT2D eigenvalue weighted by Gasteiger charge is 2.49. The lowest BCUT2D eigenvalue weighted by Crippen LogP contribution is -2.41. The van der Waals surface area contributed by atoms with Crippen molar-refractivity contribution in [2.75, 3.05) is 32.6 Å². The summed E-state index contributed by atoms with van der Waals surface area (Å²) >= 11 is 0. The summed E-state index contributed by atoms with van der Waals surface area (Å²) in [7, 11) is 3.20. The minimum absolute atomic E-state index is 0.0284. The maximum Gasteiger partial charge on any atom is 0.321 e. The first kappa shape index (κ1) is 35.8. The Kier molecular flexibility index (Phi) is 11.0. The number of amides is 2. The van der Waals surface area contributed by atoms with E-state index in [1.165, 1.54) is 4.90 Å². The molecule has 0 spiro atoms. The summed E-state index contributed by atoms with van der Waals surface area (Å²) in [5.74, 6) is -1.21. The number of aryl methyl sites for hydroxylation is 2. The average molecular weight is 678 g/mol. The lowest BCUT2D eigenvalue weighted by molar-refractivity contribution is -0.157. The summed E-state index contributed by atoms with van der Waals surface area (Å²) in [5, 5.41) is 2.94. The third-order valence-corrected chi connectivity index (χ3v) is 8.70. The fourth-order valence-electron chi connectivity index (χ4n) is 6.35. The number of aromatic nitrogens is 1. The van der Waals surface area contributed by atoms with Crippen molar-refractivity contribution in [2.24, 2.45) is 0 Å². The van der Waals surface area contributed by atoms with E-state index in [9.17, 15) is 19.2 Å². The van der Waals surface area contributed by atoms with Gasteiger partial charge < -0.3 is 24.4 Å². The minimum Gasteiger partial charge on any atom is -0.491 e. The van der Waals surface area contributed by atoms with Gasteiger partial charge in [-0.05, 0) is 98.7 Å². The van der Waals surface area contributed by atoms with E-state index in [2.05, 4.69) is 10.3 Å². The van der Waals surface area contributed by atoms with Crippen molar-refractivity contribution in [1.29, 1.82) is 0 Å². The van der Waals surface area contributed by atoms with Crippen LogP contribution in [0.2, 0.25) is 0 Å². The van der Waals surface area contributed by atoms with Crippen LogP contribution >= 0.6 is 0 Å². The second kappa shape index (κ2) is 15.4. The van der Waals surface area contributed by atoms with Crippen LogP contribution in [0.25, 0.3) is 11.1 Å². The fraction of sp³-hybridized carbons (Fsp3) is 0.325. The molecular formula is C40H43N3O7. The second-order valence-electron chi connectivity index (χ2n) is 12.8. The minimum atomic E-state index is -1.21. The number of nitrogens with one attached hydrogen (secondary N) is 1. The number of ether oxygens (including phenoxy) is 3. The van der Waals surface area contributed by atoms with E-state index in [1.807, 2.05) is 63.2 Å². The first-order valence-electron chi connectivity index (χ1n) is 16.7. The number of pyridine rings is 1. The smallest absolute Gasteiger partial charge is 0.321 e. The SMILES string of the molecule is CCOC(=O)C1(COC(=O)Cc2cccc(NC(=O)c3cccc(C)c3-c3ccc(OC(C)C)cc3)c2C(=O)N(C)C)CCc2cccnc21. The normalized spacial score (nSPS) is 14.9. The number of rotatable bonds is 12. The number of benzene rings is 3. The Labute approximate surface area is 292 Å². The standard InChI is InChI=1S/C40H43N3O7/c1-7-48-39(47)40(21-20-28-13-10-22-41-36(28)40)24-49-33(44)23-29-12-9-15-32(35(29)38(46)43(5)6)42-37(45)31-14-8-11-26(4)34(31)27-16-18-30(19-17-27)50-25(2)3/h8-19,22,25H,7,20-21,23-24H2,1-6H3,(H,42,45). The van der Waals surface area contributed by atoms with Gasteiger partial charge in [0.15, 0.2) is 0 Å². The van der Waals surface area contributed by atoms with Gasteiger partial charge in [0.2, 0.25) is 0 Å². The van der Waals surface area contributed by atoms with Crippen LogP contribution in [-0.2, 0) is 37.3 Å². The Morgan fingerprint density at radius 1 is 0.940 bits per heavy atom. The number of hydrogen-bond donors (Lipinski definition) is 1. The maximum atomic E-state index is 14.0. The Morgan fingerprint density at radius 3 is 2.38 bits per heavy atom. The van der Waals surface area contributed by atoms with E-state index in [1.54, 1.807) is 57.5 Å². The molecule has 0 aliphatic heterocycles. The molecule has 1 aliphatic carbocycles. The maximum absolute atomic E-state index is 14.0. The zero-order valence-electron chi connectivity index (χ0n) is 29.4. The molecule has 1 heterocycles. The molecule has 1 unspecified atom stereocenters. The Hall–Kier alpha value is -5.51. The molecule has 1 N–H and O–H groups in total. The molecule has 10 nitrogen and oxygen atoms in total. The Morgan fingerprint density at radius 2 is 1.68 bits per heavy atom. The van der Waals surface area contributed by atoms with E-state index < -0.39 is 29.2 Å². The lowest BCUT2D eigenvalue weighted by atomic mass is 9.86. The van der Waals surface area contributed by atoms with E-state index in [0.29, 0.717) is 29.7 Å². The van der Waals surface area contributed by atoms with E-state index >= 15 is 0 Å². The Bertz CT molecular complexity index is 1900.